The maximum absolute atomic E-state index is 13.2. The minimum absolute atomic E-state index is 0.0173. The normalized spacial score (nSPS) is 20.1. The molecule has 6 nitrogen and oxygen atoms in total. The fourth-order valence-electron chi connectivity index (χ4n) is 3.58. The van der Waals surface area contributed by atoms with Crippen LogP contribution in [0.4, 0.5) is 10.5 Å². The number of nitrogens with zero attached hydrogens (tertiary/aromatic N) is 1. The van der Waals surface area contributed by atoms with Gasteiger partial charge in [-0.25, -0.2) is 9.69 Å². The number of para-hydroxylation sites is 1. The monoisotopic (exact) mass is 407 g/mol. The van der Waals surface area contributed by atoms with Gasteiger partial charge in [0.2, 0.25) is 5.91 Å². The fraction of sp³-hybridized carbons (Fsp3) is 0.375. The van der Waals surface area contributed by atoms with E-state index in [1.54, 1.807) is 19.9 Å². The van der Waals surface area contributed by atoms with Gasteiger partial charge < -0.3 is 10.6 Å². The van der Waals surface area contributed by atoms with E-state index in [4.69, 9.17) is 0 Å². The standard InChI is InChI=1S/C24H29N3O3/c1-15-9-7-8-10-19(15)25-20(28)16(2)27-21(29)24(6,26-22(27)30)18-13-11-17(12-14-18)23(3,4)5/h7-14,16H,1-6H3,(H,25,28)(H,26,30). The Kier molecular flexibility index (Phi) is 5.46. The number of carbonyl (C=O) groups is 3. The van der Waals surface area contributed by atoms with E-state index < -0.39 is 29.4 Å². The van der Waals surface area contributed by atoms with Gasteiger partial charge in [0.1, 0.15) is 11.6 Å². The molecule has 1 saturated heterocycles. The minimum atomic E-state index is -1.22. The van der Waals surface area contributed by atoms with Gasteiger partial charge in [0.25, 0.3) is 5.91 Å². The number of nitrogens with one attached hydrogen (secondary N) is 2. The first kappa shape index (κ1) is 21.6. The van der Waals surface area contributed by atoms with Crippen molar-refractivity contribution in [3.8, 4) is 0 Å². The second-order valence-electron chi connectivity index (χ2n) is 9.04. The summed E-state index contributed by atoms with van der Waals surface area (Å²) in [5.41, 5.74) is 2.14. The number of carbonyl (C=O) groups excluding carboxylic acids is 3. The molecule has 1 heterocycles. The van der Waals surface area contributed by atoms with E-state index in [2.05, 4.69) is 31.4 Å². The van der Waals surface area contributed by atoms with Crippen molar-refractivity contribution in [2.45, 2.75) is 58.5 Å². The lowest BCUT2D eigenvalue weighted by molar-refractivity contribution is -0.136. The van der Waals surface area contributed by atoms with Gasteiger partial charge in [0, 0.05) is 5.69 Å². The molecule has 2 N–H and O–H groups in total. The molecule has 6 heteroatoms. The van der Waals surface area contributed by atoms with Crippen molar-refractivity contribution in [2.24, 2.45) is 0 Å². The Labute approximate surface area is 177 Å². The summed E-state index contributed by atoms with van der Waals surface area (Å²) in [6, 6.07) is 13.5. The number of aryl methyl sites for hydroxylation is 1. The van der Waals surface area contributed by atoms with Gasteiger partial charge in [-0.1, -0.05) is 63.2 Å². The zero-order chi connectivity index (χ0) is 22.3. The number of urea groups is 1. The Balaban J connectivity index is 1.83. The number of rotatable bonds is 4. The van der Waals surface area contributed by atoms with Gasteiger partial charge in [-0.3, -0.25) is 9.59 Å². The van der Waals surface area contributed by atoms with Gasteiger partial charge in [0.15, 0.2) is 0 Å². The molecule has 0 saturated carbocycles. The number of benzene rings is 2. The average molecular weight is 408 g/mol. The average Bonchev–Trinajstić information content (AvgIpc) is 2.92. The zero-order valence-corrected chi connectivity index (χ0v) is 18.4. The first-order valence-electron chi connectivity index (χ1n) is 10.1. The first-order valence-corrected chi connectivity index (χ1v) is 10.1. The van der Waals surface area contributed by atoms with Gasteiger partial charge in [-0.15, -0.1) is 0 Å². The van der Waals surface area contributed by atoms with Gasteiger partial charge in [-0.05, 0) is 48.9 Å². The van der Waals surface area contributed by atoms with Crippen LogP contribution in [0, 0.1) is 6.92 Å². The van der Waals surface area contributed by atoms with E-state index in [1.807, 2.05) is 49.4 Å². The molecular formula is C24H29N3O3. The molecule has 0 aliphatic carbocycles. The summed E-state index contributed by atoms with van der Waals surface area (Å²) < 4.78 is 0. The summed E-state index contributed by atoms with van der Waals surface area (Å²) in [7, 11) is 0. The van der Waals surface area contributed by atoms with E-state index in [0.717, 1.165) is 16.0 Å². The summed E-state index contributed by atoms with van der Waals surface area (Å²) in [6.45, 7) is 11.4. The number of imide groups is 1. The molecule has 3 rings (SSSR count). The van der Waals surface area contributed by atoms with Crippen LogP contribution in [0.25, 0.3) is 0 Å². The molecule has 30 heavy (non-hydrogen) atoms. The fourth-order valence-corrected chi connectivity index (χ4v) is 3.58. The molecule has 1 fully saturated rings. The summed E-state index contributed by atoms with van der Waals surface area (Å²) in [6.07, 6.45) is 0. The Hall–Kier alpha value is -3.15. The van der Waals surface area contributed by atoms with Gasteiger partial charge in [-0.2, -0.15) is 0 Å². The van der Waals surface area contributed by atoms with Crippen LogP contribution in [0.15, 0.2) is 48.5 Å². The lowest BCUT2D eigenvalue weighted by atomic mass is 9.84. The third-order valence-corrected chi connectivity index (χ3v) is 5.72. The Bertz CT molecular complexity index is 992. The topological polar surface area (TPSA) is 78.5 Å². The third kappa shape index (κ3) is 3.82. The number of hydrogen-bond donors (Lipinski definition) is 2. The lowest BCUT2D eigenvalue weighted by Crippen LogP contribution is -2.47. The predicted molar refractivity (Wildman–Crippen MR) is 117 cm³/mol. The van der Waals surface area contributed by atoms with Crippen LogP contribution in [-0.4, -0.2) is 28.8 Å². The van der Waals surface area contributed by atoms with Crippen LogP contribution in [0.5, 0.6) is 0 Å². The van der Waals surface area contributed by atoms with Crippen molar-refractivity contribution in [3.63, 3.8) is 0 Å². The van der Waals surface area contributed by atoms with E-state index in [9.17, 15) is 14.4 Å². The Morgan fingerprint density at radius 3 is 2.23 bits per heavy atom. The van der Waals surface area contributed by atoms with Crippen molar-refractivity contribution < 1.29 is 14.4 Å². The molecule has 158 valence electrons. The van der Waals surface area contributed by atoms with Crippen molar-refractivity contribution in [1.29, 1.82) is 0 Å². The van der Waals surface area contributed by atoms with Crippen molar-refractivity contribution >= 4 is 23.5 Å². The van der Waals surface area contributed by atoms with Crippen molar-refractivity contribution in [3.05, 3.63) is 65.2 Å². The van der Waals surface area contributed by atoms with E-state index in [1.165, 1.54) is 0 Å². The Morgan fingerprint density at radius 2 is 1.67 bits per heavy atom. The molecule has 2 atom stereocenters. The van der Waals surface area contributed by atoms with Gasteiger partial charge >= 0.3 is 6.03 Å². The largest absolute Gasteiger partial charge is 0.326 e. The maximum Gasteiger partial charge on any atom is 0.326 e. The van der Waals surface area contributed by atoms with Crippen LogP contribution in [0.2, 0.25) is 0 Å². The molecule has 2 aromatic carbocycles. The summed E-state index contributed by atoms with van der Waals surface area (Å²) >= 11 is 0. The first-order chi connectivity index (χ1) is 13.9. The molecule has 0 bridgehead atoms. The van der Waals surface area contributed by atoms with Gasteiger partial charge in [0.05, 0.1) is 0 Å². The van der Waals surface area contributed by atoms with E-state index >= 15 is 0 Å². The molecule has 1 aliphatic rings. The summed E-state index contributed by atoms with van der Waals surface area (Å²) in [5, 5.41) is 5.58. The van der Waals surface area contributed by atoms with Crippen molar-refractivity contribution in [1.82, 2.24) is 10.2 Å². The SMILES string of the molecule is Cc1ccccc1NC(=O)C(C)N1C(=O)NC(C)(c2ccc(C(C)(C)C)cc2)C1=O. The number of anilines is 1. The molecular weight excluding hydrogens is 378 g/mol. The van der Waals surface area contributed by atoms with Crippen LogP contribution in [0.1, 0.15) is 51.3 Å². The molecule has 2 unspecified atom stereocenters. The van der Waals surface area contributed by atoms with E-state index in [-0.39, 0.29) is 5.41 Å². The smallest absolute Gasteiger partial charge is 0.324 e. The second-order valence-corrected chi connectivity index (χ2v) is 9.04. The van der Waals surface area contributed by atoms with Crippen LogP contribution in [0.3, 0.4) is 0 Å². The van der Waals surface area contributed by atoms with Crippen LogP contribution < -0.4 is 10.6 Å². The molecule has 0 aromatic heterocycles. The third-order valence-electron chi connectivity index (χ3n) is 5.72. The highest BCUT2D eigenvalue weighted by Gasteiger charge is 2.51. The van der Waals surface area contributed by atoms with Crippen molar-refractivity contribution in [2.75, 3.05) is 5.32 Å². The zero-order valence-electron chi connectivity index (χ0n) is 18.4. The number of hydrogen-bond acceptors (Lipinski definition) is 3. The maximum atomic E-state index is 13.2. The second kappa shape index (κ2) is 7.59. The molecule has 2 aromatic rings. The van der Waals surface area contributed by atoms with Crippen LogP contribution in [-0.2, 0) is 20.5 Å². The van der Waals surface area contributed by atoms with Crippen LogP contribution >= 0.6 is 0 Å². The predicted octanol–water partition coefficient (Wildman–Crippen LogP) is 4.09. The highest BCUT2D eigenvalue weighted by molar-refractivity contribution is 6.11. The summed E-state index contributed by atoms with van der Waals surface area (Å²) in [4.78, 5) is 39.7. The molecule has 4 amide bonds. The quantitative estimate of drug-likeness (QED) is 0.750. The highest BCUT2D eigenvalue weighted by Crippen LogP contribution is 2.32. The summed E-state index contributed by atoms with van der Waals surface area (Å²) in [5.74, 6) is -0.858. The number of amides is 4. The highest BCUT2D eigenvalue weighted by atomic mass is 16.2. The minimum Gasteiger partial charge on any atom is -0.324 e. The molecule has 1 aliphatic heterocycles. The lowest BCUT2D eigenvalue weighted by Gasteiger charge is -2.26. The molecule has 0 radical (unpaired) electrons. The van der Waals surface area contributed by atoms with E-state index in [0.29, 0.717) is 11.3 Å². The molecule has 0 spiro atoms. The Morgan fingerprint density at radius 1 is 1.07 bits per heavy atom.